The average Bonchev–Trinajstić information content (AvgIpc) is 3.57. The summed E-state index contributed by atoms with van der Waals surface area (Å²) in [6.07, 6.45) is 6.27. The van der Waals surface area contributed by atoms with Crippen molar-refractivity contribution in [3.05, 3.63) is 102 Å². The lowest BCUT2D eigenvalue weighted by Crippen LogP contribution is -2.40. The van der Waals surface area contributed by atoms with Gasteiger partial charge in [0.05, 0.1) is 24.4 Å². The van der Waals surface area contributed by atoms with Crippen LogP contribution in [0.15, 0.2) is 84.9 Å². The lowest BCUT2D eigenvalue weighted by molar-refractivity contribution is -0.121. The zero-order valence-electron chi connectivity index (χ0n) is 29.2. The molecule has 48 heavy (non-hydrogen) atoms. The number of nitrogens with zero attached hydrogens (tertiary/aromatic N) is 2. The van der Waals surface area contributed by atoms with Crippen LogP contribution in [0.2, 0.25) is 0 Å². The van der Waals surface area contributed by atoms with Crippen molar-refractivity contribution in [3.8, 4) is 22.8 Å². The van der Waals surface area contributed by atoms with Gasteiger partial charge in [-0.2, -0.15) is 5.10 Å². The van der Waals surface area contributed by atoms with Gasteiger partial charge in [-0.15, -0.1) is 0 Å². The van der Waals surface area contributed by atoms with Crippen LogP contribution in [-0.4, -0.2) is 34.7 Å². The summed E-state index contributed by atoms with van der Waals surface area (Å²) in [5, 5.41) is 11.1. The number of carbonyl (C=O) groups is 2. The molecule has 1 fully saturated rings. The molecule has 8 nitrogen and oxygen atoms in total. The molecule has 256 valence electrons. The molecule has 1 aliphatic rings. The number of hydrogen-bond donors (Lipinski definition) is 2. The molecule has 0 spiro atoms. The molecule has 3 aromatic carbocycles. The second kappa shape index (κ2) is 18.7. The van der Waals surface area contributed by atoms with Crippen LogP contribution in [0, 0.1) is 5.92 Å². The Bertz CT molecular complexity index is 1560. The molecule has 1 saturated carbocycles. The Morgan fingerprint density at radius 1 is 0.875 bits per heavy atom. The normalized spacial score (nSPS) is 13.6. The van der Waals surface area contributed by atoms with E-state index in [4.69, 9.17) is 14.6 Å². The van der Waals surface area contributed by atoms with Gasteiger partial charge < -0.3 is 20.1 Å². The summed E-state index contributed by atoms with van der Waals surface area (Å²) in [6, 6.07) is 27.3. The topological polar surface area (TPSA) is 94.5 Å². The zero-order chi connectivity index (χ0) is 34.3. The molecule has 1 atom stereocenters. The summed E-state index contributed by atoms with van der Waals surface area (Å²) in [5.41, 5.74) is 3.97. The van der Waals surface area contributed by atoms with Crippen molar-refractivity contribution in [2.45, 2.75) is 97.9 Å². The summed E-state index contributed by atoms with van der Waals surface area (Å²) in [4.78, 5) is 26.8. The van der Waals surface area contributed by atoms with E-state index in [1.807, 2.05) is 103 Å². The standard InChI is InChI=1S/C38H46N4O4.C2H6/c1-27(2)22-30(23-36(43)39-25-28-14-7-4-8-15-28)40-38(44)32-24-33(42(41-32)31-18-11-6-12-19-31)37-34(45-3)20-13-21-35(37)46-26-29-16-9-5-10-17-29;1-2/h4-5,7-10,13-17,20-21,24,27,30-31H,6,11-12,18-19,22-23,25-26H2,1-3H3,(H,39,43)(H,40,44);1-2H3. The lowest BCUT2D eigenvalue weighted by Gasteiger charge is -2.25. The van der Waals surface area contributed by atoms with E-state index >= 15 is 0 Å². The van der Waals surface area contributed by atoms with Crippen molar-refractivity contribution >= 4 is 11.8 Å². The van der Waals surface area contributed by atoms with Gasteiger partial charge in [-0.1, -0.05) is 114 Å². The van der Waals surface area contributed by atoms with Gasteiger partial charge in [0.1, 0.15) is 18.1 Å². The number of amides is 2. The third kappa shape index (κ3) is 10.2. The number of rotatable bonds is 14. The summed E-state index contributed by atoms with van der Waals surface area (Å²) >= 11 is 0. The van der Waals surface area contributed by atoms with Gasteiger partial charge in [0.2, 0.25) is 5.91 Å². The van der Waals surface area contributed by atoms with E-state index in [1.165, 1.54) is 6.42 Å². The third-order valence-electron chi connectivity index (χ3n) is 8.45. The highest BCUT2D eigenvalue weighted by atomic mass is 16.5. The first-order valence-electron chi connectivity index (χ1n) is 17.5. The number of ether oxygens (including phenoxy) is 2. The van der Waals surface area contributed by atoms with Crippen LogP contribution in [0.25, 0.3) is 11.3 Å². The van der Waals surface area contributed by atoms with E-state index in [0.29, 0.717) is 42.7 Å². The van der Waals surface area contributed by atoms with E-state index in [1.54, 1.807) is 7.11 Å². The number of hydrogen-bond acceptors (Lipinski definition) is 5. The van der Waals surface area contributed by atoms with E-state index in [9.17, 15) is 9.59 Å². The summed E-state index contributed by atoms with van der Waals surface area (Å²) < 4.78 is 14.2. The van der Waals surface area contributed by atoms with Gasteiger partial charge in [0.25, 0.3) is 5.91 Å². The molecule has 5 rings (SSSR count). The Labute approximate surface area is 286 Å². The molecule has 2 N–H and O–H groups in total. The van der Waals surface area contributed by atoms with Gasteiger partial charge >= 0.3 is 0 Å². The molecule has 0 aliphatic heterocycles. The minimum absolute atomic E-state index is 0.0996. The predicted octanol–water partition coefficient (Wildman–Crippen LogP) is 8.52. The van der Waals surface area contributed by atoms with Gasteiger partial charge in [-0.05, 0) is 54.5 Å². The predicted molar refractivity (Wildman–Crippen MR) is 192 cm³/mol. The van der Waals surface area contributed by atoms with Gasteiger partial charge in [0.15, 0.2) is 5.69 Å². The maximum absolute atomic E-state index is 13.8. The van der Waals surface area contributed by atoms with E-state index in [0.717, 1.165) is 48.1 Å². The van der Waals surface area contributed by atoms with Crippen molar-refractivity contribution in [2.75, 3.05) is 7.11 Å². The summed E-state index contributed by atoms with van der Waals surface area (Å²) in [7, 11) is 1.65. The van der Waals surface area contributed by atoms with Crippen molar-refractivity contribution < 1.29 is 19.1 Å². The molecule has 4 aromatic rings. The van der Waals surface area contributed by atoms with Crippen LogP contribution in [0.1, 0.15) is 100 Å². The summed E-state index contributed by atoms with van der Waals surface area (Å²) in [6.45, 7) is 9.03. The molecule has 0 bridgehead atoms. The number of carbonyl (C=O) groups excluding carboxylic acids is 2. The number of nitrogens with one attached hydrogen (secondary N) is 2. The third-order valence-corrected chi connectivity index (χ3v) is 8.45. The van der Waals surface area contributed by atoms with E-state index < -0.39 is 0 Å². The van der Waals surface area contributed by atoms with Crippen LogP contribution in [0.4, 0.5) is 0 Å². The van der Waals surface area contributed by atoms with E-state index in [2.05, 4.69) is 24.5 Å². The second-order valence-electron chi connectivity index (χ2n) is 12.5. The minimum atomic E-state index is -0.331. The maximum Gasteiger partial charge on any atom is 0.272 e. The number of aromatic nitrogens is 2. The van der Waals surface area contributed by atoms with Crippen molar-refractivity contribution in [1.82, 2.24) is 20.4 Å². The zero-order valence-corrected chi connectivity index (χ0v) is 29.2. The number of benzene rings is 3. The Balaban J connectivity index is 0.00000255. The number of methoxy groups -OCH3 is 1. The molecule has 0 radical (unpaired) electrons. The first kappa shape index (κ1) is 36.2. The Morgan fingerprint density at radius 2 is 1.52 bits per heavy atom. The molecule has 8 heteroatoms. The SMILES string of the molecule is CC.COc1cccc(OCc2ccccc2)c1-c1cc(C(=O)NC(CC(=O)NCc2ccccc2)CC(C)C)nn1C1CCCCC1. The smallest absolute Gasteiger partial charge is 0.272 e. The van der Waals surface area contributed by atoms with Crippen LogP contribution in [0.5, 0.6) is 11.5 Å². The fourth-order valence-electron chi connectivity index (χ4n) is 6.20. The van der Waals surface area contributed by atoms with E-state index in [-0.39, 0.29) is 30.3 Å². The highest BCUT2D eigenvalue weighted by Gasteiger charge is 2.28. The highest BCUT2D eigenvalue weighted by Crippen LogP contribution is 2.42. The average molecular weight is 653 g/mol. The van der Waals surface area contributed by atoms with Crippen molar-refractivity contribution in [2.24, 2.45) is 5.92 Å². The monoisotopic (exact) mass is 652 g/mol. The fourth-order valence-corrected chi connectivity index (χ4v) is 6.20. The van der Waals surface area contributed by atoms with Gasteiger partial charge in [-0.3, -0.25) is 14.3 Å². The Kier molecular flexibility index (Phi) is 14.1. The van der Waals surface area contributed by atoms with Crippen LogP contribution < -0.4 is 20.1 Å². The van der Waals surface area contributed by atoms with Crippen molar-refractivity contribution in [3.63, 3.8) is 0 Å². The largest absolute Gasteiger partial charge is 0.496 e. The van der Waals surface area contributed by atoms with Crippen LogP contribution in [0.3, 0.4) is 0 Å². The van der Waals surface area contributed by atoms with Gasteiger partial charge in [-0.25, -0.2) is 0 Å². The van der Waals surface area contributed by atoms with Crippen molar-refractivity contribution in [1.29, 1.82) is 0 Å². The molecule has 1 unspecified atom stereocenters. The Hall–Kier alpha value is -4.59. The maximum atomic E-state index is 13.8. The minimum Gasteiger partial charge on any atom is -0.496 e. The Morgan fingerprint density at radius 3 is 2.17 bits per heavy atom. The second-order valence-corrected chi connectivity index (χ2v) is 12.5. The lowest BCUT2D eigenvalue weighted by atomic mass is 9.95. The first-order valence-corrected chi connectivity index (χ1v) is 17.5. The first-order chi connectivity index (χ1) is 23.4. The molecular weight excluding hydrogens is 600 g/mol. The molecule has 1 heterocycles. The van der Waals surface area contributed by atoms with Gasteiger partial charge in [0, 0.05) is 19.0 Å². The molecular formula is C40H52N4O4. The van der Waals surface area contributed by atoms with Crippen LogP contribution in [-0.2, 0) is 17.9 Å². The molecule has 1 aromatic heterocycles. The van der Waals surface area contributed by atoms with Crippen LogP contribution >= 0.6 is 0 Å². The molecule has 0 saturated heterocycles. The molecule has 1 aliphatic carbocycles. The highest BCUT2D eigenvalue weighted by molar-refractivity contribution is 5.94. The molecule has 2 amide bonds. The quantitative estimate of drug-likeness (QED) is 0.142. The fraction of sp³-hybridized carbons (Fsp3) is 0.425. The summed E-state index contributed by atoms with van der Waals surface area (Å²) in [5.74, 6) is 1.22.